The third-order valence-electron chi connectivity index (χ3n) is 3.18. The number of fused-ring (bicyclic) bond motifs is 1. The summed E-state index contributed by atoms with van der Waals surface area (Å²) in [5.41, 5.74) is 0. The summed E-state index contributed by atoms with van der Waals surface area (Å²) in [6.45, 7) is 9.40. The van der Waals surface area contributed by atoms with Crippen LogP contribution in [0.15, 0.2) is 6.07 Å². The molecule has 104 valence electrons. The van der Waals surface area contributed by atoms with Crippen molar-refractivity contribution >= 4 is 33.3 Å². The number of anilines is 2. The molecule has 2 rings (SSSR count). The molecule has 0 radical (unpaired) electrons. The summed E-state index contributed by atoms with van der Waals surface area (Å²) < 4.78 is 0. The Hall–Kier alpha value is -1.36. The van der Waals surface area contributed by atoms with Gasteiger partial charge in [-0.1, -0.05) is 13.8 Å². The van der Waals surface area contributed by atoms with Gasteiger partial charge < -0.3 is 10.6 Å². The van der Waals surface area contributed by atoms with E-state index in [1.165, 1.54) is 4.88 Å². The molecule has 4 nitrogen and oxygen atoms in total. The second-order valence-corrected chi connectivity index (χ2v) is 5.89. The maximum Gasteiger partial charge on any atom is 0.226 e. The Morgan fingerprint density at radius 2 is 1.95 bits per heavy atom. The molecule has 2 N–H and O–H groups in total. The van der Waals surface area contributed by atoms with Crippen LogP contribution in [0.5, 0.6) is 0 Å². The lowest BCUT2D eigenvalue weighted by molar-refractivity contribution is 0.669. The molecule has 0 spiro atoms. The quantitative estimate of drug-likeness (QED) is 0.837. The first-order valence-corrected chi connectivity index (χ1v) is 7.78. The molecule has 0 atom stereocenters. The molecule has 19 heavy (non-hydrogen) atoms. The van der Waals surface area contributed by atoms with Crippen LogP contribution in [-0.4, -0.2) is 22.6 Å². The van der Waals surface area contributed by atoms with E-state index in [1.54, 1.807) is 11.3 Å². The lowest BCUT2D eigenvalue weighted by atomic mass is 10.1. The smallest absolute Gasteiger partial charge is 0.226 e. The fourth-order valence-corrected chi connectivity index (χ4v) is 2.95. The summed E-state index contributed by atoms with van der Waals surface area (Å²) in [6.07, 6.45) is 2.20. The Morgan fingerprint density at radius 3 is 2.58 bits per heavy atom. The van der Waals surface area contributed by atoms with Gasteiger partial charge in [0.05, 0.1) is 5.39 Å². The summed E-state index contributed by atoms with van der Waals surface area (Å²) in [5, 5.41) is 7.89. The van der Waals surface area contributed by atoms with Crippen molar-refractivity contribution in [2.45, 2.75) is 46.6 Å². The Morgan fingerprint density at radius 1 is 1.21 bits per heavy atom. The molecular weight excluding hydrogens is 256 g/mol. The SMILES string of the molecule is CCNc1nc(NC(CC)CC)c2cc(C)sc2n1. The molecule has 0 aromatic carbocycles. The molecule has 0 saturated heterocycles. The van der Waals surface area contributed by atoms with Crippen molar-refractivity contribution in [3.8, 4) is 0 Å². The molecule has 0 bridgehead atoms. The summed E-state index contributed by atoms with van der Waals surface area (Å²) in [4.78, 5) is 11.5. The van der Waals surface area contributed by atoms with Crippen LogP contribution >= 0.6 is 11.3 Å². The van der Waals surface area contributed by atoms with Crippen molar-refractivity contribution in [3.63, 3.8) is 0 Å². The van der Waals surface area contributed by atoms with Crippen molar-refractivity contribution in [2.24, 2.45) is 0 Å². The zero-order valence-electron chi connectivity index (χ0n) is 12.1. The number of aryl methyl sites for hydroxylation is 1. The van der Waals surface area contributed by atoms with Gasteiger partial charge in [-0.2, -0.15) is 4.98 Å². The van der Waals surface area contributed by atoms with E-state index in [2.05, 4.69) is 54.4 Å². The first-order valence-electron chi connectivity index (χ1n) is 6.96. The summed E-state index contributed by atoms with van der Waals surface area (Å²) in [5.74, 6) is 1.67. The number of hydrogen-bond acceptors (Lipinski definition) is 5. The first kappa shape index (κ1) is 14.1. The number of hydrogen-bond donors (Lipinski definition) is 2. The normalized spacial score (nSPS) is 11.2. The zero-order chi connectivity index (χ0) is 13.8. The Bertz CT molecular complexity index is 546. The van der Waals surface area contributed by atoms with Crippen molar-refractivity contribution in [1.29, 1.82) is 0 Å². The minimum absolute atomic E-state index is 0.466. The van der Waals surface area contributed by atoms with E-state index in [0.717, 1.165) is 35.4 Å². The molecule has 5 heteroatoms. The van der Waals surface area contributed by atoms with Gasteiger partial charge in [0.15, 0.2) is 0 Å². The Labute approximate surface area is 118 Å². The van der Waals surface area contributed by atoms with Gasteiger partial charge in [-0.25, -0.2) is 4.98 Å². The summed E-state index contributed by atoms with van der Waals surface area (Å²) in [7, 11) is 0. The largest absolute Gasteiger partial charge is 0.367 e. The average molecular weight is 278 g/mol. The highest BCUT2D eigenvalue weighted by Gasteiger charge is 2.12. The van der Waals surface area contributed by atoms with Crippen LogP contribution in [0.4, 0.5) is 11.8 Å². The minimum Gasteiger partial charge on any atom is -0.367 e. The number of thiophene rings is 1. The summed E-state index contributed by atoms with van der Waals surface area (Å²) in [6, 6.07) is 2.63. The lowest BCUT2D eigenvalue weighted by Gasteiger charge is -2.16. The molecular formula is C14H22N4S. The number of aromatic nitrogens is 2. The molecule has 0 aliphatic carbocycles. The number of rotatable bonds is 6. The highest BCUT2D eigenvalue weighted by molar-refractivity contribution is 7.18. The van der Waals surface area contributed by atoms with E-state index in [1.807, 2.05) is 0 Å². The Balaban J connectivity index is 2.43. The zero-order valence-corrected chi connectivity index (χ0v) is 12.9. The van der Waals surface area contributed by atoms with E-state index in [-0.39, 0.29) is 0 Å². The molecule has 0 unspecified atom stereocenters. The predicted molar refractivity (Wildman–Crippen MR) is 84.3 cm³/mol. The van der Waals surface area contributed by atoms with Gasteiger partial charge in [-0.3, -0.25) is 0 Å². The van der Waals surface area contributed by atoms with Gasteiger partial charge in [-0.15, -0.1) is 11.3 Å². The van der Waals surface area contributed by atoms with Crippen LogP contribution in [0.3, 0.4) is 0 Å². The molecule has 0 aliphatic rings. The molecule has 2 aromatic rings. The molecule has 0 amide bonds. The minimum atomic E-state index is 0.466. The monoisotopic (exact) mass is 278 g/mol. The van der Waals surface area contributed by atoms with Gasteiger partial charge >= 0.3 is 0 Å². The second-order valence-electron chi connectivity index (χ2n) is 4.66. The van der Waals surface area contributed by atoms with E-state index < -0.39 is 0 Å². The van der Waals surface area contributed by atoms with E-state index >= 15 is 0 Å². The molecule has 2 heterocycles. The highest BCUT2D eigenvalue weighted by atomic mass is 32.1. The molecule has 2 aromatic heterocycles. The maximum atomic E-state index is 4.61. The van der Waals surface area contributed by atoms with Crippen molar-refractivity contribution < 1.29 is 0 Å². The van der Waals surface area contributed by atoms with Gasteiger partial charge in [-0.05, 0) is 32.8 Å². The van der Waals surface area contributed by atoms with Crippen molar-refractivity contribution in [1.82, 2.24) is 9.97 Å². The highest BCUT2D eigenvalue weighted by Crippen LogP contribution is 2.30. The lowest BCUT2D eigenvalue weighted by Crippen LogP contribution is -2.18. The summed E-state index contributed by atoms with van der Waals surface area (Å²) >= 11 is 1.72. The van der Waals surface area contributed by atoms with Crippen LogP contribution < -0.4 is 10.6 Å². The Kier molecular flexibility index (Phi) is 4.58. The van der Waals surface area contributed by atoms with Gasteiger partial charge in [0.2, 0.25) is 5.95 Å². The number of nitrogens with zero attached hydrogens (tertiary/aromatic N) is 2. The molecule has 0 fully saturated rings. The standard InChI is InChI=1S/C14H22N4S/c1-5-10(6-2)16-12-11-8-9(4)19-13(11)18-14(17-12)15-7-3/h8,10H,5-7H2,1-4H3,(H2,15,16,17,18). The third-order valence-corrected chi connectivity index (χ3v) is 4.12. The second kappa shape index (κ2) is 6.19. The van der Waals surface area contributed by atoms with Crippen LogP contribution in [-0.2, 0) is 0 Å². The fraction of sp³-hybridized carbons (Fsp3) is 0.571. The third kappa shape index (κ3) is 3.15. The van der Waals surface area contributed by atoms with Gasteiger partial charge in [0.25, 0.3) is 0 Å². The van der Waals surface area contributed by atoms with E-state index in [0.29, 0.717) is 12.0 Å². The fourth-order valence-electron chi connectivity index (χ4n) is 2.08. The number of nitrogens with one attached hydrogen (secondary N) is 2. The van der Waals surface area contributed by atoms with Crippen molar-refractivity contribution in [3.05, 3.63) is 10.9 Å². The predicted octanol–water partition coefficient (Wildman–Crippen LogP) is 4.03. The first-order chi connectivity index (χ1) is 9.17. The molecule has 0 aliphatic heterocycles. The maximum absolute atomic E-state index is 4.61. The van der Waals surface area contributed by atoms with Gasteiger partial charge in [0, 0.05) is 17.5 Å². The topological polar surface area (TPSA) is 49.8 Å². The van der Waals surface area contributed by atoms with Crippen molar-refractivity contribution in [2.75, 3.05) is 17.2 Å². The van der Waals surface area contributed by atoms with E-state index in [9.17, 15) is 0 Å². The van der Waals surface area contributed by atoms with Gasteiger partial charge in [0.1, 0.15) is 10.6 Å². The van der Waals surface area contributed by atoms with Crippen LogP contribution in [0.25, 0.3) is 10.2 Å². The van der Waals surface area contributed by atoms with Crippen LogP contribution in [0, 0.1) is 6.92 Å². The molecule has 0 saturated carbocycles. The average Bonchev–Trinajstić information content (AvgIpc) is 2.76. The van der Waals surface area contributed by atoms with Crippen LogP contribution in [0.2, 0.25) is 0 Å². The van der Waals surface area contributed by atoms with E-state index in [4.69, 9.17) is 0 Å². The van der Waals surface area contributed by atoms with Crippen LogP contribution in [0.1, 0.15) is 38.5 Å².